The van der Waals surface area contributed by atoms with Crippen LogP contribution in [0.3, 0.4) is 0 Å². The molecule has 0 bridgehead atoms. The number of furan rings is 1. The number of thioether (sulfide) groups is 1. The number of rotatable bonds is 6. The van der Waals surface area contributed by atoms with E-state index in [1.807, 2.05) is 42.5 Å². The Morgan fingerprint density at radius 3 is 2.52 bits per heavy atom. The minimum Gasteiger partial charge on any atom is -0.463 e. The molecule has 0 aliphatic rings. The fraction of sp³-hybridized carbons (Fsp3) is 0.211. The average molecular weight is 353 g/mol. The lowest BCUT2D eigenvalue weighted by atomic mass is 10.0. The molecule has 0 unspecified atom stereocenters. The van der Waals surface area contributed by atoms with Gasteiger partial charge in [-0.05, 0) is 47.9 Å². The Morgan fingerprint density at radius 2 is 1.92 bits per heavy atom. The number of hydrogen-bond acceptors (Lipinski definition) is 5. The Bertz CT molecular complexity index is 813. The molecule has 3 rings (SSSR count). The number of aromatic nitrogens is 2. The molecule has 1 amide bonds. The summed E-state index contributed by atoms with van der Waals surface area (Å²) in [6.45, 7) is 4.28. The van der Waals surface area contributed by atoms with E-state index in [9.17, 15) is 4.79 Å². The van der Waals surface area contributed by atoms with E-state index in [-0.39, 0.29) is 11.7 Å². The highest BCUT2D eigenvalue weighted by Gasteiger charge is 2.07. The third-order valence-corrected chi connectivity index (χ3v) is 4.55. The third kappa shape index (κ3) is 4.70. The predicted molar refractivity (Wildman–Crippen MR) is 99.6 cm³/mol. The van der Waals surface area contributed by atoms with Crippen LogP contribution in [0.5, 0.6) is 0 Å². The summed E-state index contributed by atoms with van der Waals surface area (Å²) in [5, 5.41) is 11.8. The molecule has 1 N–H and O–H groups in total. The fourth-order valence-electron chi connectivity index (χ4n) is 2.24. The Hall–Kier alpha value is -2.60. The van der Waals surface area contributed by atoms with Gasteiger partial charge in [0.2, 0.25) is 5.91 Å². The van der Waals surface area contributed by atoms with Crippen molar-refractivity contribution in [3.05, 3.63) is 60.4 Å². The van der Waals surface area contributed by atoms with E-state index in [4.69, 9.17) is 4.42 Å². The van der Waals surface area contributed by atoms with Crippen LogP contribution in [0.15, 0.2) is 64.2 Å². The molecule has 0 saturated carbocycles. The predicted octanol–water partition coefficient (Wildman–Crippen LogP) is 4.59. The molecule has 0 saturated heterocycles. The van der Waals surface area contributed by atoms with Gasteiger partial charge in [-0.1, -0.05) is 37.7 Å². The summed E-state index contributed by atoms with van der Waals surface area (Å²) in [5.74, 6) is 1.36. The van der Waals surface area contributed by atoms with Gasteiger partial charge in [0.1, 0.15) is 10.7 Å². The number of carbonyl (C=O) groups is 1. The monoisotopic (exact) mass is 353 g/mol. The quantitative estimate of drug-likeness (QED) is 0.656. The van der Waals surface area contributed by atoms with Crippen LogP contribution >= 0.6 is 11.8 Å². The van der Waals surface area contributed by atoms with Gasteiger partial charge in [0, 0.05) is 5.69 Å². The van der Waals surface area contributed by atoms with Crippen LogP contribution in [0.4, 0.5) is 5.69 Å². The summed E-state index contributed by atoms with van der Waals surface area (Å²) in [6.07, 6.45) is 1.59. The number of amides is 1. The van der Waals surface area contributed by atoms with Gasteiger partial charge in [0.25, 0.3) is 0 Å². The molecule has 0 aliphatic carbocycles. The first-order chi connectivity index (χ1) is 12.1. The van der Waals surface area contributed by atoms with Gasteiger partial charge in [-0.2, -0.15) is 0 Å². The molecule has 0 atom stereocenters. The van der Waals surface area contributed by atoms with Gasteiger partial charge in [-0.3, -0.25) is 4.79 Å². The van der Waals surface area contributed by atoms with Crippen molar-refractivity contribution in [2.75, 3.05) is 11.1 Å². The summed E-state index contributed by atoms with van der Waals surface area (Å²) >= 11 is 1.35. The molecule has 0 aliphatic heterocycles. The first-order valence-corrected chi connectivity index (χ1v) is 9.00. The van der Waals surface area contributed by atoms with Crippen molar-refractivity contribution in [3.8, 4) is 11.5 Å². The minimum absolute atomic E-state index is 0.0702. The first kappa shape index (κ1) is 17.2. The van der Waals surface area contributed by atoms with Crippen LogP contribution in [-0.4, -0.2) is 21.9 Å². The highest BCUT2D eigenvalue weighted by molar-refractivity contribution is 7.99. The fourth-order valence-corrected chi connectivity index (χ4v) is 2.85. The number of nitrogens with zero attached hydrogens (tertiary/aromatic N) is 2. The standard InChI is InChI=1S/C19H19N3O2S/c1-13(2)14-5-7-15(8-6-14)20-18(23)12-25-19-10-9-16(21-22-19)17-4-3-11-24-17/h3-11,13H,12H2,1-2H3,(H,20,23). The van der Waals surface area contributed by atoms with E-state index in [1.165, 1.54) is 17.3 Å². The maximum Gasteiger partial charge on any atom is 0.234 e. The smallest absolute Gasteiger partial charge is 0.234 e. The number of anilines is 1. The van der Waals surface area contributed by atoms with E-state index in [2.05, 4.69) is 29.4 Å². The summed E-state index contributed by atoms with van der Waals surface area (Å²) in [7, 11) is 0. The van der Waals surface area contributed by atoms with Crippen molar-refractivity contribution in [2.45, 2.75) is 24.8 Å². The molecule has 6 heteroatoms. The Labute approximate surface area is 150 Å². The number of nitrogens with one attached hydrogen (secondary N) is 1. The van der Waals surface area contributed by atoms with Gasteiger partial charge in [0.05, 0.1) is 12.0 Å². The lowest BCUT2D eigenvalue weighted by molar-refractivity contribution is -0.113. The van der Waals surface area contributed by atoms with Crippen molar-refractivity contribution in [3.63, 3.8) is 0 Å². The molecule has 2 heterocycles. The molecule has 0 fully saturated rings. The third-order valence-electron chi connectivity index (χ3n) is 3.63. The van der Waals surface area contributed by atoms with Crippen molar-refractivity contribution in [2.24, 2.45) is 0 Å². The zero-order chi connectivity index (χ0) is 17.6. The lowest BCUT2D eigenvalue weighted by Gasteiger charge is -2.08. The Kier molecular flexibility index (Phi) is 5.50. The van der Waals surface area contributed by atoms with E-state index in [0.29, 0.717) is 22.4 Å². The molecule has 25 heavy (non-hydrogen) atoms. The van der Waals surface area contributed by atoms with Crippen molar-refractivity contribution in [1.82, 2.24) is 10.2 Å². The van der Waals surface area contributed by atoms with E-state index < -0.39 is 0 Å². The van der Waals surface area contributed by atoms with Crippen molar-refractivity contribution in [1.29, 1.82) is 0 Å². The normalized spacial score (nSPS) is 10.8. The van der Waals surface area contributed by atoms with Crippen LogP contribution < -0.4 is 5.32 Å². The average Bonchev–Trinajstić information content (AvgIpc) is 3.15. The molecule has 128 valence electrons. The van der Waals surface area contributed by atoms with Crippen LogP contribution in [0.25, 0.3) is 11.5 Å². The maximum absolute atomic E-state index is 12.1. The van der Waals surface area contributed by atoms with Gasteiger partial charge in [-0.15, -0.1) is 10.2 Å². The van der Waals surface area contributed by atoms with Crippen LogP contribution in [0.2, 0.25) is 0 Å². The Morgan fingerprint density at radius 1 is 1.12 bits per heavy atom. The van der Waals surface area contributed by atoms with Crippen LogP contribution in [0.1, 0.15) is 25.3 Å². The van der Waals surface area contributed by atoms with Gasteiger partial charge in [0.15, 0.2) is 5.76 Å². The van der Waals surface area contributed by atoms with Gasteiger partial charge in [-0.25, -0.2) is 0 Å². The van der Waals surface area contributed by atoms with E-state index in [1.54, 1.807) is 12.3 Å². The largest absolute Gasteiger partial charge is 0.463 e. The van der Waals surface area contributed by atoms with E-state index >= 15 is 0 Å². The summed E-state index contributed by atoms with van der Waals surface area (Å²) in [5.41, 5.74) is 2.72. The number of carbonyl (C=O) groups excluding carboxylic acids is 1. The topological polar surface area (TPSA) is 68.0 Å². The second-order valence-corrected chi connectivity index (χ2v) is 6.84. The molecule has 2 aromatic heterocycles. The van der Waals surface area contributed by atoms with Crippen molar-refractivity contribution < 1.29 is 9.21 Å². The molecule has 0 spiro atoms. The second-order valence-electron chi connectivity index (χ2n) is 5.85. The van der Waals surface area contributed by atoms with E-state index in [0.717, 1.165) is 5.69 Å². The number of hydrogen-bond donors (Lipinski definition) is 1. The highest BCUT2D eigenvalue weighted by Crippen LogP contribution is 2.21. The summed E-state index contributed by atoms with van der Waals surface area (Å²) < 4.78 is 5.27. The van der Waals surface area contributed by atoms with Gasteiger partial charge >= 0.3 is 0 Å². The summed E-state index contributed by atoms with van der Waals surface area (Å²) in [4.78, 5) is 12.1. The maximum atomic E-state index is 12.1. The zero-order valence-corrected chi connectivity index (χ0v) is 14.9. The molecule has 1 aromatic carbocycles. The van der Waals surface area contributed by atoms with Crippen LogP contribution in [-0.2, 0) is 4.79 Å². The molecular formula is C19H19N3O2S. The molecule has 5 nitrogen and oxygen atoms in total. The molecule has 3 aromatic rings. The second kappa shape index (κ2) is 7.98. The lowest BCUT2D eigenvalue weighted by Crippen LogP contribution is -2.14. The first-order valence-electron chi connectivity index (χ1n) is 8.02. The van der Waals surface area contributed by atoms with Gasteiger partial charge < -0.3 is 9.73 Å². The minimum atomic E-state index is -0.0702. The molecular weight excluding hydrogens is 334 g/mol. The van der Waals surface area contributed by atoms with Crippen LogP contribution in [0, 0.1) is 0 Å². The van der Waals surface area contributed by atoms with Crippen molar-refractivity contribution >= 4 is 23.4 Å². The SMILES string of the molecule is CC(C)c1ccc(NC(=O)CSc2ccc(-c3ccco3)nn2)cc1. The molecule has 0 radical (unpaired) electrons. The number of benzene rings is 1. The highest BCUT2D eigenvalue weighted by atomic mass is 32.2. The zero-order valence-electron chi connectivity index (χ0n) is 14.1. The Balaban J connectivity index is 1.52. The summed E-state index contributed by atoms with van der Waals surface area (Å²) in [6, 6.07) is 15.2.